The van der Waals surface area contributed by atoms with E-state index in [1.807, 2.05) is 29.1 Å². The van der Waals surface area contributed by atoms with Crippen molar-refractivity contribution in [3.8, 4) is 11.5 Å². The fourth-order valence-corrected chi connectivity index (χ4v) is 3.11. The molecular formula is C18H23N3O3. The molecule has 1 atom stereocenters. The van der Waals surface area contributed by atoms with E-state index >= 15 is 0 Å². The van der Waals surface area contributed by atoms with Crippen LogP contribution in [0.5, 0.6) is 11.5 Å². The molecular weight excluding hydrogens is 306 g/mol. The van der Waals surface area contributed by atoms with Gasteiger partial charge in [0.25, 0.3) is 0 Å². The van der Waals surface area contributed by atoms with Gasteiger partial charge in [-0.3, -0.25) is 4.79 Å². The molecule has 0 bridgehead atoms. The molecule has 0 unspecified atom stereocenters. The van der Waals surface area contributed by atoms with Crippen molar-refractivity contribution in [2.75, 3.05) is 19.5 Å². The number of ether oxygens (including phenoxy) is 2. The summed E-state index contributed by atoms with van der Waals surface area (Å²) in [7, 11) is 3.24. The fourth-order valence-electron chi connectivity index (χ4n) is 3.11. The molecule has 1 aliphatic rings. The number of rotatable bonds is 3. The van der Waals surface area contributed by atoms with Crippen molar-refractivity contribution in [3.63, 3.8) is 0 Å². The molecule has 0 radical (unpaired) electrons. The van der Waals surface area contributed by atoms with Crippen LogP contribution in [0.15, 0.2) is 24.4 Å². The van der Waals surface area contributed by atoms with Crippen molar-refractivity contribution in [3.05, 3.63) is 35.5 Å². The van der Waals surface area contributed by atoms with Crippen LogP contribution in [-0.2, 0) is 10.3 Å². The maximum absolute atomic E-state index is 12.3. The number of hydrogen-bond donors (Lipinski definition) is 1. The van der Waals surface area contributed by atoms with E-state index in [-0.39, 0.29) is 17.4 Å². The van der Waals surface area contributed by atoms with Gasteiger partial charge in [0.1, 0.15) is 17.3 Å². The van der Waals surface area contributed by atoms with Crippen molar-refractivity contribution in [1.82, 2.24) is 9.78 Å². The number of hydrogen-bond acceptors (Lipinski definition) is 4. The van der Waals surface area contributed by atoms with E-state index in [1.54, 1.807) is 14.2 Å². The topological polar surface area (TPSA) is 65.4 Å². The number of aromatic nitrogens is 2. The van der Waals surface area contributed by atoms with E-state index in [0.717, 1.165) is 22.7 Å². The van der Waals surface area contributed by atoms with Crippen LogP contribution in [0.1, 0.15) is 44.2 Å². The molecule has 0 fully saturated rings. The smallest absolute Gasteiger partial charge is 0.226 e. The summed E-state index contributed by atoms with van der Waals surface area (Å²) in [6, 6.07) is 5.69. The average Bonchev–Trinajstić information content (AvgIpc) is 2.97. The SMILES string of the molecule is COc1ccc([C@H]2CC(=O)Nc3c2cnn3C(C)(C)C)c(OC)c1. The van der Waals surface area contributed by atoms with Gasteiger partial charge >= 0.3 is 0 Å². The zero-order valence-electron chi connectivity index (χ0n) is 14.7. The van der Waals surface area contributed by atoms with E-state index in [0.29, 0.717) is 12.2 Å². The van der Waals surface area contributed by atoms with Gasteiger partial charge in [0.15, 0.2) is 0 Å². The Morgan fingerprint density at radius 1 is 1.21 bits per heavy atom. The molecule has 1 N–H and O–H groups in total. The van der Waals surface area contributed by atoms with Crippen LogP contribution in [0.3, 0.4) is 0 Å². The Labute approximate surface area is 141 Å². The highest BCUT2D eigenvalue weighted by Gasteiger charge is 2.34. The van der Waals surface area contributed by atoms with Crippen molar-refractivity contribution in [2.45, 2.75) is 38.6 Å². The second kappa shape index (κ2) is 5.85. The Hall–Kier alpha value is -2.50. The molecule has 2 aromatic rings. The minimum absolute atomic E-state index is 0.0172. The summed E-state index contributed by atoms with van der Waals surface area (Å²) in [6.45, 7) is 6.18. The predicted octanol–water partition coefficient (Wildman–Crippen LogP) is 3.13. The van der Waals surface area contributed by atoms with Gasteiger partial charge in [-0.05, 0) is 26.8 Å². The van der Waals surface area contributed by atoms with Crippen LogP contribution in [-0.4, -0.2) is 29.9 Å². The van der Waals surface area contributed by atoms with Crippen LogP contribution < -0.4 is 14.8 Å². The Balaban J connectivity index is 2.12. The molecule has 1 aromatic carbocycles. The molecule has 3 rings (SSSR count). The number of benzene rings is 1. The van der Waals surface area contributed by atoms with E-state index in [9.17, 15) is 4.79 Å². The van der Waals surface area contributed by atoms with Crippen LogP contribution >= 0.6 is 0 Å². The Bertz CT molecular complexity index is 774. The van der Waals surface area contributed by atoms with Crippen molar-refractivity contribution >= 4 is 11.7 Å². The van der Waals surface area contributed by atoms with Crippen LogP contribution in [0.4, 0.5) is 5.82 Å². The summed E-state index contributed by atoms with van der Waals surface area (Å²) in [6.07, 6.45) is 2.21. The van der Waals surface area contributed by atoms with Crippen molar-refractivity contribution in [2.24, 2.45) is 0 Å². The maximum atomic E-state index is 12.3. The number of methoxy groups -OCH3 is 2. The van der Waals surface area contributed by atoms with Crippen LogP contribution in [0, 0.1) is 0 Å². The van der Waals surface area contributed by atoms with Crippen LogP contribution in [0.2, 0.25) is 0 Å². The molecule has 24 heavy (non-hydrogen) atoms. The normalized spacial score (nSPS) is 17.2. The highest BCUT2D eigenvalue weighted by atomic mass is 16.5. The minimum Gasteiger partial charge on any atom is -0.497 e. The number of nitrogens with zero attached hydrogens (tertiary/aromatic N) is 2. The van der Waals surface area contributed by atoms with Crippen molar-refractivity contribution in [1.29, 1.82) is 0 Å². The lowest BCUT2D eigenvalue weighted by molar-refractivity contribution is -0.116. The van der Waals surface area contributed by atoms with Gasteiger partial charge in [-0.2, -0.15) is 5.10 Å². The number of carbonyl (C=O) groups excluding carboxylic acids is 1. The fraction of sp³-hybridized carbons (Fsp3) is 0.444. The summed E-state index contributed by atoms with van der Waals surface area (Å²) >= 11 is 0. The molecule has 1 aliphatic heterocycles. The number of anilines is 1. The first-order valence-corrected chi connectivity index (χ1v) is 7.95. The lowest BCUT2D eigenvalue weighted by Crippen LogP contribution is -2.30. The quantitative estimate of drug-likeness (QED) is 0.939. The third-order valence-corrected chi connectivity index (χ3v) is 4.27. The van der Waals surface area contributed by atoms with Gasteiger partial charge in [0.05, 0.1) is 26.0 Å². The third-order valence-electron chi connectivity index (χ3n) is 4.27. The standard InChI is InChI=1S/C18H23N3O3/c1-18(2,3)21-17-14(10-19-21)13(9-16(22)20-17)12-7-6-11(23-4)8-15(12)24-5/h6-8,10,13H,9H2,1-5H3,(H,20,22)/t13-/m1/s1. The molecule has 128 valence electrons. The zero-order chi connectivity index (χ0) is 17.5. The average molecular weight is 329 g/mol. The Morgan fingerprint density at radius 2 is 1.96 bits per heavy atom. The van der Waals surface area contributed by atoms with E-state index < -0.39 is 0 Å². The molecule has 6 heteroatoms. The summed E-state index contributed by atoms with van der Waals surface area (Å²) < 4.78 is 12.7. The lowest BCUT2D eigenvalue weighted by atomic mass is 9.86. The largest absolute Gasteiger partial charge is 0.497 e. The maximum Gasteiger partial charge on any atom is 0.226 e. The second-order valence-corrected chi connectivity index (χ2v) is 6.94. The molecule has 0 saturated heterocycles. The predicted molar refractivity (Wildman–Crippen MR) is 91.9 cm³/mol. The summed E-state index contributed by atoms with van der Waals surface area (Å²) in [5, 5.41) is 7.48. The van der Waals surface area contributed by atoms with Crippen LogP contribution in [0.25, 0.3) is 0 Å². The van der Waals surface area contributed by atoms with Gasteiger partial charge in [-0.15, -0.1) is 0 Å². The van der Waals surface area contributed by atoms with Gasteiger partial charge < -0.3 is 14.8 Å². The van der Waals surface area contributed by atoms with Gasteiger partial charge in [-0.25, -0.2) is 4.68 Å². The van der Waals surface area contributed by atoms with Gasteiger partial charge in [0, 0.05) is 29.5 Å². The second-order valence-electron chi connectivity index (χ2n) is 6.94. The number of amides is 1. The molecule has 1 aromatic heterocycles. The molecule has 1 amide bonds. The molecule has 0 aliphatic carbocycles. The van der Waals surface area contributed by atoms with E-state index in [4.69, 9.17) is 9.47 Å². The first-order chi connectivity index (χ1) is 11.3. The lowest BCUT2D eigenvalue weighted by Gasteiger charge is -2.28. The first kappa shape index (κ1) is 16.4. The Morgan fingerprint density at radius 3 is 2.58 bits per heavy atom. The molecule has 6 nitrogen and oxygen atoms in total. The van der Waals surface area contributed by atoms with Gasteiger partial charge in [0.2, 0.25) is 5.91 Å². The van der Waals surface area contributed by atoms with E-state index in [1.165, 1.54) is 0 Å². The molecule has 0 saturated carbocycles. The summed E-state index contributed by atoms with van der Waals surface area (Å²) in [4.78, 5) is 12.3. The third kappa shape index (κ3) is 2.72. The number of fused-ring (bicyclic) bond motifs is 1. The van der Waals surface area contributed by atoms with E-state index in [2.05, 4.69) is 31.2 Å². The molecule has 2 heterocycles. The zero-order valence-corrected chi connectivity index (χ0v) is 14.7. The number of carbonyl (C=O) groups is 1. The number of nitrogens with one attached hydrogen (secondary N) is 1. The first-order valence-electron chi connectivity index (χ1n) is 7.95. The van der Waals surface area contributed by atoms with Crippen molar-refractivity contribution < 1.29 is 14.3 Å². The highest BCUT2D eigenvalue weighted by Crippen LogP contribution is 2.42. The highest BCUT2D eigenvalue weighted by molar-refractivity contribution is 5.94. The van der Waals surface area contributed by atoms with Gasteiger partial charge in [-0.1, -0.05) is 6.07 Å². The summed E-state index contributed by atoms with van der Waals surface area (Å²) in [5.41, 5.74) is 1.75. The minimum atomic E-state index is -0.216. The Kier molecular flexibility index (Phi) is 3.99. The molecule has 0 spiro atoms. The summed E-state index contributed by atoms with van der Waals surface area (Å²) in [5.74, 6) is 2.09. The monoisotopic (exact) mass is 329 g/mol.